The molecular weight excluding hydrogens is 422 g/mol. The molecule has 0 N–H and O–H groups in total. The molecule has 0 aliphatic carbocycles. The molecule has 1 aromatic rings. The van der Waals surface area contributed by atoms with Gasteiger partial charge in [0.25, 0.3) is 0 Å². The first kappa shape index (κ1) is 25.1. The highest BCUT2D eigenvalue weighted by molar-refractivity contribution is 7.09. The average Bonchev–Trinajstić information content (AvgIpc) is 3.22. The number of epoxide rings is 1. The number of rotatable bonds is 2. The van der Waals surface area contributed by atoms with Crippen LogP contribution in [-0.4, -0.2) is 34.0 Å². The second kappa shape index (κ2) is 9.76. The fourth-order valence-corrected chi connectivity index (χ4v) is 5.54. The van der Waals surface area contributed by atoms with E-state index in [2.05, 4.69) is 25.8 Å². The number of ether oxygens (including phenoxy) is 2. The molecule has 3 rings (SSSR count). The second-order valence-corrected chi connectivity index (χ2v) is 11.4. The Morgan fingerprint density at radius 1 is 1.06 bits per heavy atom. The van der Waals surface area contributed by atoms with Crippen LogP contribution in [0.4, 0.5) is 0 Å². The molecule has 0 amide bonds. The molecule has 0 radical (unpaired) electrons. The first-order chi connectivity index (χ1) is 15.0. The van der Waals surface area contributed by atoms with E-state index in [1.165, 1.54) is 0 Å². The predicted octanol–water partition coefficient (Wildman–Crippen LogP) is 6.43. The maximum Gasteiger partial charge on any atom is 0.306 e. The maximum atomic E-state index is 13.0. The Labute approximate surface area is 197 Å². The lowest BCUT2D eigenvalue weighted by molar-refractivity contribution is -0.170. The Kier molecular flexibility index (Phi) is 7.66. The molecule has 2 aliphatic heterocycles. The number of hydrogen-bond acceptors (Lipinski definition) is 6. The molecule has 3 unspecified atom stereocenters. The fourth-order valence-electron chi connectivity index (χ4n) is 4.97. The second-order valence-electron chi connectivity index (χ2n) is 10.3. The minimum atomic E-state index is -0.869. The number of fused-ring (bicyclic) bond motifs is 1. The van der Waals surface area contributed by atoms with E-state index >= 15 is 0 Å². The van der Waals surface area contributed by atoms with Gasteiger partial charge in [-0.2, -0.15) is 0 Å². The van der Waals surface area contributed by atoms with E-state index in [4.69, 9.17) is 9.47 Å². The van der Waals surface area contributed by atoms with Crippen LogP contribution in [-0.2, 0) is 19.1 Å². The van der Waals surface area contributed by atoms with Crippen LogP contribution in [0.2, 0.25) is 0 Å². The van der Waals surface area contributed by atoms with E-state index in [0.717, 1.165) is 48.4 Å². The van der Waals surface area contributed by atoms with Crippen LogP contribution in [0.5, 0.6) is 0 Å². The van der Waals surface area contributed by atoms with Gasteiger partial charge in [-0.15, -0.1) is 11.3 Å². The zero-order chi connectivity index (χ0) is 23.6. The van der Waals surface area contributed by atoms with Crippen LogP contribution >= 0.6 is 11.3 Å². The summed E-state index contributed by atoms with van der Waals surface area (Å²) in [6.07, 6.45) is 9.26. The van der Waals surface area contributed by atoms with Crippen molar-refractivity contribution in [3.05, 3.63) is 21.7 Å². The van der Waals surface area contributed by atoms with Crippen LogP contribution in [0.3, 0.4) is 0 Å². The van der Waals surface area contributed by atoms with E-state index in [1.54, 1.807) is 11.3 Å². The Morgan fingerprint density at radius 2 is 1.75 bits per heavy atom. The van der Waals surface area contributed by atoms with Gasteiger partial charge >= 0.3 is 5.97 Å². The summed E-state index contributed by atoms with van der Waals surface area (Å²) in [5.41, 5.74) is 0.135. The third kappa shape index (κ3) is 5.17. The van der Waals surface area contributed by atoms with Crippen LogP contribution in [0.25, 0.3) is 6.08 Å². The van der Waals surface area contributed by atoms with Gasteiger partial charge in [-0.1, -0.05) is 33.1 Å². The molecule has 2 saturated heterocycles. The van der Waals surface area contributed by atoms with Crippen molar-refractivity contribution in [3.63, 3.8) is 0 Å². The van der Waals surface area contributed by atoms with Gasteiger partial charge in [0.1, 0.15) is 17.0 Å². The molecule has 2 fully saturated rings. The zero-order valence-electron chi connectivity index (χ0n) is 20.6. The van der Waals surface area contributed by atoms with Crippen LogP contribution < -0.4 is 0 Å². The minimum Gasteiger partial charge on any atom is -0.454 e. The number of cyclic esters (lactones) is 1. The van der Waals surface area contributed by atoms with Crippen molar-refractivity contribution in [1.82, 2.24) is 4.98 Å². The summed E-state index contributed by atoms with van der Waals surface area (Å²) in [7, 11) is 0. The Hall–Kier alpha value is -1.53. The van der Waals surface area contributed by atoms with E-state index in [-0.39, 0.29) is 29.9 Å². The summed E-state index contributed by atoms with van der Waals surface area (Å²) in [5, 5.41) is 3.03. The molecule has 0 saturated carbocycles. The number of thiazole rings is 1. The standard InChI is InChI=1S/C26H39NO4S/c1-18(16-20-17-32-19(2)27-20)25(5)24(3,4)26(6)22(30-26)14-10-8-7-9-12-21(28)13-11-15-23(29)31-25/h16-17,22H,7-15H2,1-6H3/b18-16+. The normalized spacial score (nSPS) is 32.8. The smallest absolute Gasteiger partial charge is 0.306 e. The molecule has 1 aromatic heterocycles. The zero-order valence-corrected chi connectivity index (χ0v) is 21.4. The quantitative estimate of drug-likeness (QED) is 0.375. The molecule has 178 valence electrons. The molecule has 0 bridgehead atoms. The molecule has 32 heavy (non-hydrogen) atoms. The molecule has 3 heterocycles. The predicted molar refractivity (Wildman–Crippen MR) is 129 cm³/mol. The van der Waals surface area contributed by atoms with Crippen LogP contribution in [0.15, 0.2) is 11.0 Å². The first-order valence-electron chi connectivity index (χ1n) is 12.0. The van der Waals surface area contributed by atoms with Gasteiger partial charge in [-0.05, 0) is 58.6 Å². The summed E-state index contributed by atoms with van der Waals surface area (Å²) in [6, 6.07) is 0. The van der Waals surface area contributed by atoms with Gasteiger partial charge in [0.05, 0.1) is 16.8 Å². The lowest BCUT2D eigenvalue weighted by Crippen LogP contribution is -2.54. The summed E-state index contributed by atoms with van der Waals surface area (Å²) < 4.78 is 12.6. The minimum absolute atomic E-state index is 0.152. The van der Waals surface area contributed by atoms with Crippen molar-refractivity contribution < 1.29 is 19.1 Å². The Bertz CT molecular complexity index is 873. The number of hydrogen-bond donors (Lipinski definition) is 0. The van der Waals surface area contributed by atoms with E-state index in [0.29, 0.717) is 19.3 Å². The topological polar surface area (TPSA) is 68.8 Å². The van der Waals surface area contributed by atoms with Crippen molar-refractivity contribution in [2.45, 2.75) is 117 Å². The highest BCUT2D eigenvalue weighted by atomic mass is 32.1. The number of aryl methyl sites for hydroxylation is 1. The van der Waals surface area contributed by atoms with E-state index in [9.17, 15) is 9.59 Å². The van der Waals surface area contributed by atoms with Gasteiger partial charge in [0.15, 0.2) is 0 Å². The van der Waals surface area contributed by atoms with Gasteiger partial charge < -0.3 is 9.47 Å². The molecule has 3 atom stereocenters. The summed E-state index contributed by atoms with van der Waals surface area (Å²) in [6.45, 7) is 12.5. The van der Waals surface area contributed by atoms with E-state index < -0.39 is 11.0 Å². The maximum absolute atomic E-state index is 13.0. The van der Waals surface area contributed by atoms with Crippen molar-refractivity contribution in [1.29, 1.82) is 0 Å². The third-order valence-electron chi connectivity index (χ3n) is 7.96. The summed E-state index contributed by atoms with van der Waals surface area (Å²) >= 11 is 1.61. The van der Waals surface area contributed by atoms with Gasteiger partial charge in [-0.25, -0.2) is 4.98 Å². The van der Waals surface area contributed by atoms with E-state index in [1.807, 2.05) is 32.2 Å². The molecule has 0 spiro atoms. The number of aromatic nitrogens is 1. The number of carbonyl (C=O) groups is 2. The first-order valence-corrected chi connectivity index (χ1v) is 12.9. The average molecular weight is 462 g/mol. The largest absolute Gasteiger partial charge is 0.454 e. The Balaban J connectivity index is 1.91. The van der Waals surface area contributed by atoms with Crippen LogP contribution in [0, 0.1) is 12.3 Å². The number of ketones is 1. The molecule has 2 aliphatic rings. The molecule has 5 nitrogen and oxygen atoms in total. The molecule has 6 heteroatoms. The van der Waals surface area contributed by atoms with Gasteiger partial charge in [0, 0.05) is 30.1 Å². The molecular formula is C26H39NO4S. The van der Waals surface area contributed by atoms with Crippen molar-refractivity contribution >= 4 is 29.2 Å². The third-order valence-corrected chi connectivity index (χ3v) is 8.75. The molecule has 0 aromatic carbocycles. The lowest BCUT2D eigenvalue weighted by Gasteiger charge is -2.47. The highest BCUT2D eigenvalue weighted by Crippen LogP contribution is 2.59. The van der Waals surface area contributed by atoms with Crippen molar-refractivity contribution in [3.8, 4) is 0 Å². The summed E-state index contributed by atoms with van der Waals surface area (Å²) in [4.78, 5) is 29.7. The lowest BCUT2D eigenvalue weighted by atomic mass is 9.63. The Morgan fingerprint density at radius 3 is 2.44 bits per heavy atom. The monoisotopic (exact) mass is 461 g/mol. The SMILES string of the molecule is C/C(=C\c1csc(C)n1)C1(C)OC(=O)CCCC(=O)CCCCCCC2OC2(C)C1(C)C. The number of nitrogens with zero attached hydrogens (tertiary/aromatic N) is 1. The van der Waals surface area contributed by atoms with Crippen LogP contribution in [0.1, 0.15) is 103 Å². The number of carbonyl (C=O) groups excluding carboxylic acids is 2. The highest BCUT2D eigenvalue weighted by Gasteiger charge is 2.68. The number of Topliss-reactive ketones (excluding diaryl/α,β-unsaturated/α-hetero) is 1. The van der Waals surface area contributed by atoms with Gasteiger partial charge in [0.2, 0.25) is 0 Å². The fraction of sp³-hybridized carbons (Fsp3) is 0.731. The van der Waals surface area contributed by atoms with Crippen molar-refractivity contribution in [2.24, 2.45) is 5.41 Å². The summed E-state index contributed by atoms with van der Waals surface area (Å²) in [5.74, 6) is -0.00968. The van der Waals surface area contributed by atoms with Gasteiger partial charge in [-0.3, -0.25) is 9.59 Å². The van der Waals surface area contributed by atoms with Crippen molar-refractivity contribution in [2.75, 3.05) is 0 Å². The number of esters is 1.